The third kappa shape index (κ3) is 4.69. The second-order valence-corrected chi connectivity index (χ2v) is 7.76. The summed E-state index contributed by atoms with van der Waals surface area (Å²) in [6, 6.07) is 7.96. The minimum Gasteiger partial charge on any atom is -0.350 e. The van der Waals surface area contributed by atoms with Crippen molar-refractivity contribution in [3.05, 3.63) is 35.2 Å². The molecule has 0 aliphatic heterocycles. The highest BCUT2D eigenvalue weighted by atomic mass is 32.1. The molecule has 138 valence electrons. The number of thiazole rings is 1. The number of hydrogen-bond donors (Lipinski definition) is 2. The molecule has 1 aliphatic rings. The molecule has 1 aliphatic carbocycles. The Kier molecular flexibility index (Phi) is 6.04. The van der Waals surface area contributed by atoms with Gasteiger partial charge < -0.3 is 10.6 Å². The molecule has 1 saturated carbocycles. The van der Waals surface area contributed by atoms with Crippen molar-refractivity contribution >= 4 is 28.3 Å². The fourth-order valence-corrected chi connectivity index (χ4v) is 4.09. The molecule has 26 heavy (non-hydrogen) atoms. The summed E-state index contributed by atoms with van der Waals surface area (Å²) in [5, 5.41) is 8.47. The van der Waals surface area contributed by atoms with Gasteiger partial charge in [-0.2, -0.15) is 0 Å². The molecule has 0 radical (unpaired) electrons. The predicted octanol–water partition coefficient (Wildman–Crippen LogP) is 4.53. The average molecular weight is 372 g/mol. The Hall–Kier alpha value is -2.21. The Morgan fingerprint density at radius 3 is 2.50 bits per heavy atom. The fourth-order valence-electron chi connectivity index (χ4n) is 3.37. The lowest BCUT2D eigenvalue weighted by molar-refractivity contribution is -0.121. The number of carbonyl (C=O) groups is 2. The first kappa shape index (κ1) is 18.6. The van der Waals surface area contributed by atoms with Crippen molar-refractivity contribution in [1.82, 2.24) is 10.3 Å². The van der Waals surface area contributed by atoms with E-state index in [2.05, 4.69) is 15.6 Å². The molecule has 1 atom stereocenters. The lowest BCUT2D eigenvalue weighted by Gasteiger charge is -2.19. The first-order valence-corrected chi connectivity index (χ1v) is 10.0. The highest BCUT2D eigenvalue weighted by molar-refractivity contribution is 7.14. The molecule has 6 heteroatoms. The second kappa shape index (κ2) is 8.45. The van der Waals surface area contributed by atoms with Gasteiger partial charge in [0.15, 0.2) is 5.13 Å². The Morgan fingerprint density at radius 2 is 1.85 bits per heavy atom. The van der Waals surface area contributed by atoms with E-state index < -0.39 is 0 Å². The molecule has 1 aromatic heterocycles. The zero-order valence-electron chi connectivity index (χ0n) is 15.2. The van der Waals surface area contributed by atoms with Crippen molar-refractivity contribution in [2.45, 2.75) is 52.0 Å². The van der Waals surface area contributed by atoms with Gasteiger partial charge in [0.25, 0.3) is 0 Å². The Balaban J connectivity index is 1.63. The highest BCUT2D eigenvalue weighted by Crippen LogP contribution is 2.28. The SMILES string of the molecule is CC(=O)N[C@@H](C)c1ccc(-c2csc(NC(=O)C3CCCCC3)n2)cc1. The molecule has 1 aromatic carbocycles. The summed E-state index contributed by atoms with van der Waals surface area (Å²) in [5.41, 5.74) is 2.90. The van der Waals surface area contributed by atoms with Gasteiger partial charge >= 0.3 is 0 Å². The Morgan fingerprint density at radius 1 is 1.15 bits per heavy atom. The van der Waals surface area contributed by atoms with Crippen LogP contribution in [0.3, 0.4) is 0 Å². The van der Waals surface area contributed by atoms with Crippen molar-refractivity contribution < 1.29 is 9.59 Å². The van der Waals surface area contributed by atoms with Gasteiger partial charge in [-0.3, -0.25) is 9.59 Å². The van der Waals surface area contributed by atoms with E-state index in [1.807, 2.05) is 36.6 Å². The maximum Gasteiger partial charge on any atom is 0.229 e. The van der Waals surface area contributed by atoms with Gasteiger partial charge in [0.2, 0.25) is 11.8 Å². The number of nitrogens with one attached hydrogen (secondary N) is 2. The largest absolute Gasteiger partial charge is 0.350 e. The average Bonchev–Trinajstić information content (AvgIpc) is 3.10. The summed E-state index contributed by atoms with van der Waals surface area (Å²) >= 11 is 1.46. The third-order valence-electron chi connectivity index (χ3n) is 4.84. The third-order valence-corrected chi connectivity index (χ3v) is 5.59. The monoisotopic (exact) mass is 371 g/mol. The minimum atomic E-state index is -0.0422. The van der Waals surface area contributed by atoms with Crippen LogP contribution in [-0.2, 0) is 9.59 Å². The normalized spacial score (nSPS) is 16.1. The van der Waals surface area contributed by atoms with Crippen LogP contribution >= 0.6 is 11.3 Å². The molecule has 1 fully saturated rings. The van der Waals surface area contributed by atoms with E-state index in [0.29, 0.717) is 5.13 Å². The molecule has 0 spiro atoms. The maximum atomic E-state index is 12.3. The van der Waals surface area contributed by atoms with E-state index >= 15 is 0 Å². The van der Waals surface area contributed by atoms with Crippen LogP contribution in [0.1, 0.15) is 57.6 Å². The zero-order valence-corrected chi connectivity index (χ0v) is 16.1. The quantitative estimate of drug-likeness (QED) is 0.811. The van der Waals surface area contributed by atoms with Crippen LogP contribution in [0.2, 0.25) is 0 Å². The van der Waals surface area contributed by atoms with E-state index in [0.717, 1.165) is 42.5 Å². The molecule has 2 amide bonds. The summed E-state index contributed by atoms with van der Waals surface area (Å²) in [7, 11) is 0. The molecule has 2 N–H and O–H groups in total. The summed E-state index contributed by atoms with van der Waals surface area (Å²) in [6.45, 7) is 3.47. The van der Waals surface area contributed by atoms with Crippen LogP contribution in [0.4, 0.5) is 5.13 Å². The molecule has 0 saturated heterocycles. The molecule has 2 aromatic rings. The number of anilines is 1. The summed E-state index contributed by atoms with van der Waals surface area (Å²) in [4.78, 5) is 28.1. The van der Waals surface area contributed by atoms with E-state index in [1.165, 1.54) is 24.7 Å². The first-order chi connectivity index (χ1) is 12.5. The molecule has 0 bridgehead atoms. The van der Waals surface area contributed by atoms with Gasteiger partial charge in [-0.1, -0.05) is 43.5 Å². The minimum absolute atomic E-state index is 0.0256. The fraction of sp³-hybridized carbons (Fsp3) is 0.450. The predicted molar refractivity (Wildman–Crippen MR) is 105 cm³/mol. The van der Waals surface area contributed by atoms with Gasteiger partial charge in [0.05, 0.1) is 11.7 Å². The second-order valence-electron chi connectivity index (χ2n) is 6.91. The number of aromatic nitrogens is 1. The molecule has 0 unspecified atom stereocenters. The van der Waals surface area contributed by atoms with Crippen molar-refractivity contribution in [1.29, 1.82) is 0 Å². The molecular formula is C20H25N3O2S. The van der Waals surface area contributed by atoms with Gasteiger partial charge in [-0.05, 0) is 25.3 Å². The standard InChI is InChI=1S/C20H25N3O2S/c1-13(21-14(2)24)15-8-10-16(11-9-15)18-12-26-20(22-18)23-19(25)17-6-4-3-5-7-17/h8-13,17H,3-7H2,1-2H3,(H,21,24)(H,22,23,25)/t13-/m0/s1. The van der Waals surface area contributed by atoms with E-state index in [9.17, 15) is 9.59 Å². The number of hydrogen-bond acceptors (Lipinski definition) is 4. The molecule has 5 nitrogen and oxygen atoms in total. The topological polar surface area (TPSA) is 71.1 Å². The van der Waals surface area contributed by atoms with Crippen molar-refractivity contribution in [3.8, 4) is 11.3 Å². The van der Waals surface area contributed by atoms with Crippen molar-refractivity contribution in [3.63, 3.8) is 0 Å². The lowest BCUT2D eigenvalue weighted by Crippen LogP contribution is -2.24. The number of benzene rings is 1. The zero-order chi connectivity index (χ0) is 18.5. The van der Waals surface area contributed by atoms with Crippen LogP contribution in [0.25, 0.3) is 11.3 Å². The van der Waals surface area contributed by atoms with Crippen LogP contribution in [0.5, 0.6) is 0 Å². The van der Waals surface area contributed by atoms with Gasteiger partial charge in [-0.25, -0.2) is 4.98 Å². The van der Waals surface area contributed by atoms with Gasteiger partial charge in [-0.15, -0.1) is 11.3 Å². The number of nitrogens with zero attached hydrogens (tertiary/aromatic N) is 1. The van der Waals surface area contributed by atoms with E-state index in [1.54, 1.807) is 0 Å². The van der Waals surface area contributed by atoms with Crippen LogP contribution < -0.4 is 10.6 Å². The smallest absolute Gasteiger partial charge is 0.229 e. The number of amides is 2. The van der Waals surface area contributed by atoms with Crippen molar-refractivity contribution in [2.75, 3.05) is 5.32 Å². The van der Waals surface area contributed by atoms with E-state index in [-0.39, 0.29) is 23.8 Å². The summed E-state index contributed by atoms with van der Waals surface area (Å²) < 4.78 is 0. The van der Waals surface area contributed by atoms with E-state index in [4.69, 9.17) is 0 Å². The van der Waals surface area contributed by atoms with Gasteiger partial charge in [0.1, 0.15) is 0 Å². The molecular weight excluding hydrogens is 346 g/mol. The van der Waals surface area contributed by atoms with Crippen molar-refractivity contribution in [2.24, 2.45) is 5.92 Å². The Bertz CT molecular complexity index is 764. The van der Waals surface area contributed by atoms with Crippen LogP contribution in [0, 0.1) is 5.92 Å². The molecule has 3 rings (SSSR count). The highest BCUT2D eigenvalue weighted by Gasteiger charge is 2.22. The van der Waals surface area contributed by atoms with Crippen LogP contribution in [0.15, 0.2) is 29.6 Å². The Labute approximate surface area is 158 Å². The first-order valence-electron chi connectivity index (χ1n) is 9.17. The maximum absolute atomic E-state index is 12.3. The van der Waals surface area contributed by atoms with Crippen LogP contribution in [-0.4, -0.2) is 16.8 Å². The molecule has 1 heterocycles. The number of rotatable bonds is 5. The number of carbonyl (C=O) groups excluding carboxylic acids is 2. The lowest BCUT2D eigenvalue weighted by atomic mass is 9.89. The summed E-state index contributed by atoms with van der Waals surface area (Å²) in [6.07, 6.45) is 5.49. The summed E-state index contributed by atoms with van der Waals surface area (Å²) in [5.74, 6) is 0.190. The van der Waals surface area contributed by atoms with Gasteiger partial charge in [0, 0.05) is 23.8 Å².